The fourth-order valence-electron chi connectivity index (χ4n) is 2.52. The first kappa shape index (κ1) is 43.7. The molecule has 0 radical (unpaired) electrons. The van der Waals surface area contributed by atoms with Crippen LogP contribution in [0.25, 0.3) is 0 Å². The van der Waals surface area contributed by atoms with E-state index in [1.165, 1.54) is 0 Å². The molecule has 0 fully saturated rings. The van der Waals surface area contributed by atoms with E-state index in [0.717, 1.165) is 0 Å². The second-order valence-corrected chi connectivity index (χ2v) is 8.77. The number of carbonyl (C=O) groups excluding carboxylic acids is 4. The minimum Gasteiger partial charge on any atom is -0.550 e. The van der Waals surface area contributed by atoms with Crippen LogP contribution in [-0.4, -0.2) is 115 Å². The number of esters is 2. The van der Waals surface area contributed by atoms with Gasteiger partial charge in [-0.1, -0.05) is 0 Å². The van der Waals surface area contributed by atoms with Gasteiger partial charge in [-0.05, 0) is 40.5 Å². The molecule has 0 aliphatic rings. The molecule has 0 aliphatic heterocycles. The average molecular weight is 648 g/mol. The van der Waals surface area contributed by atoms with Gasteiger partial charge in [0.15, 0.2) is 0 Å². The van der Waals surface area contributed by atoms with Gasteiger partial charge < -0.3 is 57.7 Å². The van der Waals surface area contributed by atoms with Crippen molar-refractivity contribution >= 4 is 23.9 Å². The Balaban J connectivity index is -0.000000688. The van der Waals surface area contributed by atoms with Crippen molar-refractivity contribution in [1.29, 1.82) is 0 Å². The molecule has 0 rings (SSSR count). The van der Waals surface area contributed by atoms with Gasteiger partial charge >= 0.3 is 31.4 Å². The largest absolute Gasteiger partial charge is 2.00 e. The van der Waals surface area contributed by atoms with Crippen molar-refractivity contribution in [2.45, 2.75) is 77.8 Å². The number of carboxylic acids is 2. The zero-order chi connectivity index (χ0) is 30.8. The van der Waals surface area contributed by atoms with Crippen LogP contribution in [0.5, 0.6) is 0 Å². The summed E-state index contributed by atoms with van der Waals surface area (Å²) in [6, 6.07) is 0. The molecule has 0 aromatic carbocycles. The topological polar surface area (TPSA) is 188 Å². The SMILES string of the molecule is COCCOCC(C)OCC(C)OC(=O)CCC(=O)[O-].COCCOCC(C)OCC(C)OC(=O)CCC(=O)[O-].[Zn+2]. The minimum atomic E-state index is -1.27. The molecule has 4 atom stereocenters. The summed E-state index contributed by atoms with van der Waals surface area (Å²) in [5.74, 6) is -3.69. The first-order valence-corrected chi connectivity index (χ1v) is 13.1. The number of methoxy groups -OCH3 is 2. The summed E-state index contributed by atoms with van der Waals surface area (Å²) in [4.78, 5) is 42.8. The Kier molecular flexibility index (Phi) is 31.7. The number of hydrogen-bond acceptors (Lipinski definition) is 14. The zero-order valence-electron chi connectivity index (χ0n) is 25.2. The van der Waals surface area contributed by atoms with Gasteiger partial charge in [0.25, 0.3) is 0 Å². The van der Waals surface area contributed by atoms with Crippen molar-refractivity contribution in [1.82, 2.24) is 0 Å². The molecule has 0 spiro atoms. The van der Waals surface area contributed by atoms with Crippen molar-refractivity contribution in [2.24, 2.45) is 0 Å². The van der Waals surface area contributed by atoms with Crippen LogP contribution in [0.4, 0.5) is 0 Å². The van der Waals surface area contributed by atoms with Crippen LogP contribution in [0, 0.1) is 0 Å². The van der Waals surface area contributed by atoms with Gasteiger partial charge in [0, 0.05) is 26.2 Å². The normalized spacial score (nSPS) is 13.4. The van der Waals surface area contributed by atoms with Crippen LogP contribution in [0.3, 0.4) is 0 Å². The monoisotopic (exact) mass is 646 g/mol. The third-order valence-electron chi connectivity index (χ3n) is 4.53. The number of rotatable bonds is 24. The van der Waals surface area contributed by atoms with E-state index in [-0.39, 0.29) is 70.6 Å². The summed E-state index contributed by atoms with van der Waals surface area (Å²) in [6.45, 7) is 10.4. The standard InChI is InChI=1S/2C13H24O7.Zn/c2*1-10(8-18-7-6-17-3)19-9-11(2)20-13(16)5-4-12(14)15;/h2*10-11H,4-9H2,1-3H3,(H,14,15);/q;;+2/p-2. The maximum atomic E-state index is 11.2. The van der Waals surface area contributed by atoms with Gasteiger partial charge in [-0.2, -0.15) is 0 Å². The van der Waals surface area contributed by atoms with E-state index >= 15 is 0 Å². The molecule has 0 amide bonds. The summed E-state index contributed by atoms with van der Waals surface area (Å²) in [5, 5.41) is 20.4. The van der Waals surface area contributed by atoms with Gasteiger partial charge in [0.05, 0.1) is 77.9 Å². The molecule has 0 saturated heterocycles. The molecule has 0 aromatic rings. The van der Waals surface area contributed by atoms with E-state index in [4.69, 9.17) is 37.9 Å². The fourth-order valence-corrected chi connectivity index (χ4v) is 2.52. The first-order chi connectivity index (χ1) is 18.9. The molecule has 14 nitrogen and oxygen atoms in total. The van der Waals surface area contributed by atoms with Crippen LogP contribution in [0.15, 0.2) is 0 Å². The van der Waals surface area contributed by atoms with Crippen molar-refractivity contribution < 1.29 is 86.8 Å². The van der Waals surface area contributed by atoms with Crippen LogP contribution in [0.2, 0.25) is 0 Å². The van der Waals surface area contributed by atoms with Gasteiger partial charge in [-0.3, -0.25) is 9.59 Å². The van der Waals surface area contributed by atoms with Crippen molar-refractivity contribution in [3.8, 4) is 0 Å². The average Bonchev–Trinajstić information content (AvgIpc) is 2.89. The third kappa shape index (κ3) is 34.4. The Morgan fingerprint density at radius 1 is 0.537 bits per heavy atom. The Labute approximate surface area is 255 Å². The maximum absolute atomic E-state index is 11.2. The summed E-state index contributed by atoms with van der Waals surface area (Å²) in [7, 11) is 3.19. The predicted molar refractivity (Wildman–Crippen MR) is 136 cm³/mol. The molecule has 0 aliphatic carbocycles. The summed E-state index contributed by atoms with van der Waals surface area (Å²) >= 11 is 0. The molecule has 0 bridgehead atoms. The van der Waals surface area contributed by atoms with Gasteiger partial charge in [0.1, 0.15) is 12.2 Å². The molecule has 0 saturated carbocycles. The molecule has 4 unspecified atom stereocenters. The van der Waals surface area contributed by atoms with E-state index in [2.05, 4.69) is 0 Å². The molecule has 0 heterocycles. The maximum Gasteiger partial charge on any atom is 2.00 e. The molecular formula is C26H46O14Zn. The summed E-state index contributed by atoms with van der Waals surface area (Å²) in [6.07, 6.45) is -2.19. The second kappa shape index (κ2) is 29.7. The molecule has 15 heteroatoms. The summed E-state index contributed by atoms with van der Waals surface area (Å²) in [5.41, 5.74) is 0. The number of carbonyl (C=O) groups is 4. The Bertz CT molecular complexity index is 623. The first-order valence-electron chi connectivity index (χ1n) is 13.1. The van der Waals surface area contributed by atoms with Crippen LogP contribution in [-0.2, 0) is 76.6 Å². The number of hydrogen-bond donors (Lipinski definition) is 0. The van der Waals surface area contributed by atoms with Crippen LogP contribution >= 0.6 is 0 Å². The quantitative estimate of drug-likeness (QED) is 0.0707. The molecule has 0 aromatic heterocycles. The molecule has 41 heavy (non-hydrogen) atoms. The van der Waals surface area contributed by atoms with E-state index in [9.17, 15) is 29.4 Å². The Morgan fingerprint density at radius 2 is 0.878 bits per heavy atom. The van der Waals surface area contributed by atoms with Crippen molar-refractivity contribution in [3.05, 3.63) is 0 Å². The molecule has 0 N–H and O–H groups in total. The van der Waals surface area contributed by atoms with Crippen LogP contribution in [0.1, 0.15) is 53.4 Å². The van der Waals surface area contributed by atoms with E-state index in [1.807, 2.05) is 13.8 Å². The number of ether oxygens (including phenoxy) is 8. The molecular weight excluding hydrogens is 602 g/mol. The second-order valence-electron chi connectivity index (χ2n) is 8.77. The Morgan fingerprint density at radius 3 is 1.17 bits per heavy atom. The van der Waals surface area contributed by atoms with Gasteiger partial charge in [-0.25, -0.2) is 0 Å². The third-order valence-corrected chi connectivity index (χ3v) is 4.53. The predicted octanol–water partition coefficient (Wildman–Crippen LogP) is -0.970. The molecule has 236 valence electrons. The van der Waals surface area contributed by atoms with Crippen molar-refractivity contribution in [3.63, 3.8) is 0 Å². The van der Waals surface area contributed by atoms with Gasteiger partial charge in [-0.15, -0.1) is 0 Å². The van der Waals surface area contributed by atoms with Gasteiger partial charge in [0.2, 0.25) is 0 Å². The summed E-state index contributed by atoms with van der Waals surface area (Å²) < 4.78 is 41.1. The minimum absolute atomic E-state index is 0. The van der Waals surface area contributed by atoms with Crippen molar-refractivity contribution in [2.75, 3.05) is 67.1 Å². The smallest absolute Gasteiger partial charge is 0.550 e. The Hall–Kier alpha value is -1.74. The number of carboxylic acid groups (broad SMARTS) is 2. The number of aliphatic carboxylic acids is 2. The van der Waals surface area contributed by atoms with E-state index in [1.54, 1.807) is 28.1 Å². The van der Waals surface area contributed by atoms with Crippen LogP contribution < -0.4 is 10.2 Å². The fraction of sp³-hybridized carbons (Fsp3) is 0.846. The van der Waals surface area contributed by atoms with E-state index in [0.29, 0.717) is 39.6 Å². The van der Waals surface area contributed by atoms with E-state index < -0.39 is 36.1 Å². The zero-order valence-corrected chi connectivity index (χ0v) is 28.2.